The Balaban J connectivity index is 2.41. The maximum absolute atomic E-state index is 11.9. The molecule has 0 fully saturated rings. The van der Waals surface area contributed by atoms with Crippen molar-refractivity contribution in [3.63, 3.8) is 0 Å². The number of hydrogen-bond acceptors (Lipinski definition) is 4. The first kappa shape index (κ1) is 16.8. The fraction of sp³-hybridized carbons (Fsp3) is 0.588. The highest BCUT2D eigenvalue weighted by Crippen LogP contribution is 2.39. The standard InChI is InChI=1S/C17H26N2O3/c1-10(2)12-7-13(11(3)18)17-14(8-12)15(5-6-22-17)19-16(20)9-21-4/h7-8,10-11,15H,5-6,9,18H2,1-4H3,(H,19,20). The van der Waals surface area contributed by atoms with Crippen LogP contribution in [-0.4, -0.2) is 26.2 Å². The summed E-state index contributed by atoms with van der Waals surface area (Å²) >= 11 is 0. The minimum Gasteiger partial charge on any atom is -0.493 e. The van der Waals surface area contributed by atoms with Crippen molar-refractivity contribution in [2.45, 2.75) is 45.2 Å². The van der Waals surface area contributed by atoms with Gasteiger partial charge >= 0.3 is 0 Å². The monoisotopic (exact) mass is 306 g/mol. The van der Waals surface area contributed by atoms with Crippen molar-refractivity contribution < 1.29 is 14.3 Å². The molecule has 0 bridgehead atoms. The molecule has 0 aromatic heterocycles. The van der Waals surface area contributed by atoms with Gasteiger partial charge in [0.2, 0.25) is 5.91 Å². The van der Waals surface area contributed by atoms with Crippen LogP contribution in [-0.2, 0) is 9.53 Å². The minimum absolute atomic E-state index is 0.0531. The molecule has 0 saturated heterocycles. The molecule has 0 aliphatic carbocycles. The van der Waals surface area contributed by atoms with E-state index in [1.165, 1.54) is 12.7 Å². The van der Waals surface area contributed by atoms with Gasteiger partial charge in [0.25, 0.3) is 0 Å². The van der Waals surface area contributed by atoms with Gasteiger partial charge in [0.05, 0.1) is 12.6 Å². The van der Waals surface area contributed by atoms with Crippen LogP contribution in [0.5, 0.6) is 5.75 Å². The van der Waals surface area contributed by atoms with Gasteiger partial charge in [0.15, 0.2) is 0 Å². The molecule has 0 saturated carbocycles. The molecule has 1 aliphatic rings. The van der Waals surface area contributed by atoms with Crippen LogP contribution in [0.4, 0.5) is 0 Å². The Kier molecular flexibility index (Phi) is 5.42. The predicted molar refractivity (Wildman–Crippen MR) is 86.0 cm³/mol. The fourth-order valence-electron chi connectivity index (χ4n) is 2.75. The second-order valence-corrected chi connectivity index (χ2v) is 6.16. The Hall–Kier alpha value is -1.59. The van der Waals surface area contributed by atoms with Crippen LogP contribution in [0.15, 0.2) is 12.1 Å². The lowest BCUT2D eigenvalue weighted by molar-refractivity contribution is -0.125. The van der Waals surface area contributed by atoms with Crippen molar-refractivity contribution in [2.24, 2.45) is 5.73 Å². The summed E-state index contributed by atoms with van der Waals surface area (Å²) in [5.74, 6) is 1.10. The topological polar surface area (TPSA) is 73.6 Å². The number of hydrogen-bond donors (Lipinski definition) is 2. The van der Waals surface area contributed by atoms with Crippen LogP contribution in [0.3, 0.4) is 0 Å². The van der Waals surface area contributed by atoms with E-state index in [2.05, 4.69) is 31.3 Å². The molecule has 22 heavy (non-hydrogen) atoms. The third kappa shape index (κ3) is 3.59. The Morgan fingerprint density at radius 3 is 2.77 bits per heavy atom. The van der Waals surface area contributed by atoms with Crippen molar-refractivity contribution in [1.82, 2.24) is 5.32 Å². The van der Waals surface area contributed by atoms with Crippen LogP contribution in [0.2, 0.25) is 0 Å². The highest BCUT2D eigenvalue weighted by molar-refractivity contribution is 5.78. The molecule has 3 N–H and O–H groups in total. The SMILES string of the molecule is COCC(=O)NC1CCOc2c(C(C)N)cc(C(C)C)cc21. The molecule has 0 spiro atoms. The zero-order chi connectivity index (χ0) is 16.3. The normalized spacial score (nSPS) is 18.5. The molecule has 5 heteroatoms. The lowest BCUT2D eigenvalue weighted by atomic mass is 9.89. The van der Waals surface area contributed by atoms with E-state index < -0.39 is 0 Å². The van der Waals surface area contributed by atoms with Gasteiger partial charge < -0.3 is 20.5 Å². The average molecular weight is 306 g/mol. The Labute approximate surface area is 132 Å². The Morgan fingerprint density at radius 1 is 1.45 bits per heavy atom. The van der Waals surface area contributed by atoms with Crippen LogP contribution in [0.1, 0.15) is 61.9 Å². The smallest absolute Gasteiger partial charge is 0.246 e. The number of ether oxygens (including phenoxy) is 2. The van der Waals surface area contributed by atoms with Gasteiger partial charge in [-0.15, -0.1) is 0 Å². The number of fused-ring (bicyclic) bond motifs is 1. The molecule has 1 heterocycles. The van der Waals surface area contributed by atoms with Gasteiger partial charge in [0.1, 0.15) is 12.4 Å². The zero-order valence-electron chi connectivity index (χ0n) is 13.8. The summed E-state index contributed by atoms with van der Waals surface area (Å²) in [5, 5.41) is 3.02. The quantitative estimate of drug-likeness (QED) is 0.876. The van der Waals surface area contributed by atoms with Crippen LogP contribution < -0.4 is 15.8 Å². The second-order valence-electron chi connectivity index (χ2n) is 6.16. The van der Waals surface area contributed by atoms with E-state index >= 15 is 0 Å². The Bertz CT molecular complexity index is 541. The van der Waals surface area contributed by atoms with Gasteiger partial charge in [-0.2, -0.15) is 0 Å². The lowest BCUT2D eigenvalue weighted by Gasteiger charge is -2.30. The van der Waals surface area contributed by atoms with Gasteiger partial charge in [0, 0.05) is 30.7 Å². The number of carbonyl (C=O) groups excluding carboxylic acids is 1. The van der Waals surface area contributed by atoms with Gasteiger partial charge in [-0.25, -0.2) is 0 Å². The molecule has 5 nitrogen and oxygen atoms in total. The van der Waals surface area contributed by atoms with Gasteiger partial charge in [-0.1, -0.05) is 19.9 Å². The molecule has 1 aromatic carbocycles. The van der Waals surface area contributed by atoms with E-state index in [0.717, 1.165) is 23.3 Å². The summed E-state index contributed by atoms with van der Waals surface area (Å²) in [4.78, 5) is 11.9. The first-order valence-electron chi connectivity index (χ1n) is 7.78. The van der Waals surface area contributed by atoms with E-state index in [9.17, 15) is 4.79 Å². The fourth-order valence-corrected chi connectivity index (χ4v) is 2.75. The molecular weight excluding hydrogens is 280 g/mol. The molecular formula is C17H26N2O3. The van der Waals surface area contributed by atoms with Crippen molar-refractivity contribution in [3.05, 3.63) is 28.8 Å². The number of amides is 1. The Morgan fingerprint density at radius 2 is 2.18 bits per heavy atom. The van der Waals surface area contributed by atoms with Crippen molar-refractivity contribution in [3.8, 4) is 5.75 Å². The van der Waals surface area contributed by atoms with Crippen molar-refractivity contribution in [1.29, 1.82) is 0 Å². The second kappa shape index (κ2) is 7.11. The number of benzene rings is 1. The maximum atomic E-state index is 11.9. The summed E-state index contributed by atoms with van der Waals surface area (Å²) in [7, 11) is 1.52. The molecule has 122 valence electrons. The summed E-state index contributed by atoms with van der Waals surface area (Å²) in [6, 6.07) is 4.08. The number of carbonyl (C=O) groups is 1. The molecule has 2 atom stereocenters. The van der Waals surface area contributed by atoms with Gasteiger partial charge in [-0.3, -0.25) is 4.79 Å². The van der Waals surface area contributed by atoms with E-state index in [-0.39, 0.29) is 24.6 Å². The van der Waals surface area contributed by atoms with E-state index in [1.807, 2.05) is 6.92 Å². The lowest BCUT2D eigenvalue weighted by Crippen LogP contribution is -2.34. The largest absolute Gasteiger partial charge is 0.493 e. The highest BCUT2D eigenvalue weighted by Gasteiger charge is 2.27. The first-order valence-corrected chi connectivity index (χ1v) is 7.78. The van der Waals surface area contributed by atoms with Crippen LogP contribution in [0.25, 0.3) is 0 Å². The van der Waals surface area contributed by atoms with Crippen LogP contribution >= 0.6 is 0 Å². The maximum Gasteiger partial charge on any atom is 0.246 e. The highest BCUT2D eigenvalue weighted by atomic mass is 16.5. The van der Waals surface area contributed by atoms with E-state index in [0.29, 0.717) is 12.5 Å². The molecule has 2 rings (SSSR count). The average Bonchev–Trinajstić information content (AvgIpc) is 2.46. The molecule has 1 aromatic rings. The third-order valence-corrected chi connectivity index (χ3v) is 3.96. The number of methoxy groups -OCH3 is 1. The van der Waals surface area contributed by atoms with Gasteiger partial charge in [-0.05, 0) is 24.5 Å². The number of rotatable bonds is 5. The van der Waals surface area contributed by atoms with E-state index in [1.54, 1.807) is 0 Å². The summed E-state index contributed by atoms with van der Waals surface area (Å²) in [5.41, 5.74) is 9.35. The first-order chi connectivity index (χ1) is 10.4. The summed E-state index contributed by atoms with van der Waals surface area (Å²) in [6.45, 7) is 6.89. The number of nitrogens with two attached hydrogens (primary N) is 1. The molecule has 1 aliphatic heterocycles. The molecule has 2 unspecified atom stereocenters. The van der Waals surface area contributed by atoms with Crippen molar-refractivity contribution in [2.75, 3.05) is 20.3 Å². The van der Waals surface area contributed by atoms with Crippen LogP contribution in [0, 0.1) is 0 Å². The predicted octanol–water partition coefficient (Wildman–Crippen LogP) is 2.42. The number of nitrogens with one attached hydrogen (secondary N) is 1. The molecule has 1 amide bonds. The summed E-state index contributed by atoms with van der Waals surface area (Å²) in [6.07, 6.45) is 0.752. The third-order valence-electron chi connectivity index (χ3n) is 3.96. The molecule has 0 radical (unpaired) electrons. The van der Waals surface area contributed by atoms with E-state index in [4.69, 9.17) is 15.2 Å². The summed E-state index contributed by atoms with van der Waals surface area (Å²) < 4.78 is 10.8. The zero-order valence-corrected chi connectivity index (χ0v) is 13.8. The minimum atomic E-state index is -0.113. The van der Waals surface area contributed by atoms with Crippen molar-refractivity contribution >= 4 is 5.91 Å².